The number of aliphatic hydroxyl groups excluding tert-OH is 2. The fourth-order valence-corrected chi connectivity index (χ4v) is 1.80. The molecule has 3 heteroatoms. The highest BCUT2D eigenvalue weighted by molar-refractivity contribution is 4.79. The van der Waals surface area contributed by atoms with E-state index in [1.54, 1.807) is 0 Å². The Labute approximate surface area is 74.0 Å². The summed E-state index contributed by atoms with van der Waals surface area (Å²) >= 11 is 0. The lowest BCUT2D eigenvalue weighted by Crippen LogP contribution is -2.36. The SMILES string of the molecule is CC(CO)CN1CCC[C@@H]1CO. The highest BCUT2D eigenvalue weighted by Crippen LogP contribution is 2.17. The molecule has 2 atom stereocenters. The monoisotopic (exact) mass is 173 g/mol. The van der Waals surface area contributed by atoms with Crippen molar-refractivity contribution in [3.05, 3.63) is 0 Å². The Balaban J connectivity index is 2.30. The zero-order valence-electron chi connectivity index (χ0n) is 7.74. The van der Waals surface area contributed by atoms with Crippen molar-refractivity contribution in [3.8, 4) is 0 Å². The molecule has 3 nitrogen and oxygen atoms in total. The van der Waals surface area contributed by atoms with Gasteiger partial charge in [0.2, 0.25) is 0 Å². The molecule has 1 fully saturated rings. The zero-order valence-corrected chi connectivity index (χ0v) is 7.74. The van der Waals surface area contributed by atoms with Crippen LogP contribution in [-0.2, 0) is 0 Å². The Morgan fingerprint density at radius 3 is 2.83 bits per heavy atom. The number of rotatable bonds is 4. The maximum absolute atomic E-state index is 9.02. The third kappa shape index (κ3) is 2.44. The highest BCUT2D eigenvalue weighted by Gasteiger charge is 2.24. The Morgan fingerprint density at radius 2 is 2.25 bits per heavy atom. The van der Waals surface area contributed by atoms with Gasteiger partial charge in [0.25, 0.3) is 0 Å². The van der Waals surface area contributed by atoms with Crippen molar-refractivity contribution in [2.75, 3.05) is 26.3 Å². The third-order valence-electron chi connectivity index (χ3n) is 2.57. The van der Waals surface area contributed by atoms with Gasteiger partial charge in [-0.25, -0.2) is 0 Å². The maximum atomic E-state index is 9.02. The zero-order chi connectivity index (χ0) is 8.97. The molecule has 0 radical (unpaired) electrons. The van der Waals surface area contributed by atoms with Crippen molar-refractivity contribution >= 4 is 0 Å². The van der Waals surface area contributed by atoms with Crippen LogP contribution in [0, 0.1) is 5.92 Å². The van der Waals surface area contributed by atoms with Gasteiger partial charge in [-0.2, -0.15) is 0 Å². The predicted octanol–water partition coefficient (Wildman–Crippen LogP) is 0.0715. The molecule has 1 aliphatic rings. The van der Waals surface area contributed by atoms with Crippen LogP contribution in [0.3, 0.4) is 0 Å². The molecule has 0 saturated carbocycles. The summed E-state index contributed by atoms with van der Waals surface area (Å²) in [5.74, 6) is 0.331. The molecule has 1 aliphatic heterocycles. The van der Waals surface area contributed by atoms with E-state index in [0.717, 1.165) is 19.5 Å². The number of hydrogen-bond acceptors (Lipinski definition) is 3. The minimum absolute atomic E-state index is 0.245. The van der Waals surface area contributed by atoms with E-state index in [0.29, 0.717) is 12.0 Å². The normalized spacial score (nSPS) is 27.8. The average molecular weight is 173 g/mol. The van der Waals surface area contributed by atoms with Crippen LogP contribution in [0.15, 0.2) is 0 Å². The molecule has 1 rings (SSSR count). The lowest BCUT2D eigenvalue weighted by molar-refractivity contribution is 0.124. The summed E-state index contributed by atoms with van der Waals surface area (Å²) in [4.78, 5) is 2.28. The van der Waals surface area contributed by atoms with Crippen LogP contribution in [0.2, 0.25) is 0 Å². The van der Waals surface area contributed by atoms with Crippen LogP contribution in [0.1, 0.15) is 19.8 Å². The van der Waals surface area contributed by atoms with E-state index in [4.69, 9.17) is 10.2 Å². The van der Waals surface area contributed by atoms with Gasteiger partial charge in [0.05, 0.1) is 6.61 Å². The van der Waals surface area contributed by atoms with Gasteiger partial charge in [0.15, 0.2) is 0 Å². The molecule has 12 heavy (non-hydrogen) atoms. The van der Waals surface area contributed by atoms with Crippen molar-refractivity contribution in [2.24, 2.45) is 5.92 Å². The number of nitrogens with zero attached hydrogens (tertiary/aromatic N) is 1. The summed E-state index contributed by atoms with van der Waals surface area (Å²) in [6.07, 6.45) is 2.29. The van der Waals surface area contributed by atoms with Gasteiger partial charge in [0.1, 0.15) is 0 Å². The largest absolute Gasteiger partial charge is 0.396 e. The van der Waals surface area contributed by atoms with Gasteiger partial charge in [-0.15, -0.1) is 0 Å². The molecule has 0 aromatic heterocycles. The van der Waals surface area contributed by atoms with E-state index >= 15 is 0 Å². The minimum atomic E-state index is 0.245. The van der Waals surface area contributed by atoms with Crippen molar-refractivity contribution < 1.29 is 10.2 Å². The second-order valence-electron chi connectivity index (χ2n) is 3.76. The molecule has 1 unspecified atom stereocenters. The number of likely N-dealkylation sites (tertiary alicyclic amines) is 1. The van der Waals surface area contributed by atoms with Gasteiger partial charge in [-0.1, -0.05) is 6.92 Å². The molecule has 0 spiro atoms. The lowest BCUT2D eigenvalue weighted by Gasteiger charge is -2.24. The smallest absolute Gasteiger partial charge is 0.0586 e. The Hall–Kier alpha value is -0.120. The van der Waals surface area contributed by atoms with Crippen LogP contribution in [0.5, 0.6) is 0 Å². The molecule has 1 saturated heterocycles. The molecular weight excluding hydrogens is 154 g/mol. The van der Waals surface area contributed by atoms with Crippen molar-refractivity contribution in [1.82, 2.24) is 4.90 Å². The fourth-order valence-electron chi connectivity index (χ4n) is 1.80. The van der Waals surface area contributed by atoms with E-state index in [9.17, 15) is 0 Å². The molecule has 2 N–H and O–H groups in total. The van der Waals surface area contributed by atoms with E-state index in [2.05, 4.69) is 4.90 Å². The Bertz CT molecular complexity index is 130. The fraction of sp³-hybridized carbons (Fsp3) is 1.00. The summed E-state index contributed by atoms with van der Waals surface area (Å²) in [5.41, 5.74) is 0. The molecule has 0 aromatic rings. The van der Waals surface area contributed by atoms with E-state index in [-0.39, 0.29) is 13.2 Å². The quantitative estimate of drug-likeness (QED) is 0.632. The van der Waals surface area contributed by atoms with Crippen LogP contribution < -0.4 is 0 Å². The van der Waals surface area contributed by atoms with Crippen molar-refractivity contribution in [2.45, 2.75) is 25.8 Å². The first-order valence-electron chi connectivity index (χ1n) is 4.73. The number of aliphatic hydroxyl groups is 2. The van der Waals surface area contributed by atoms with Gasteiger partial charge in [-0.3, -0.25) is 4.90 Å². The van der Waals surface area contributed by atoms with E-state index < -0.39 is 0 Å². The molecule has 0 bridgehead atoms. The van der Waals surface area contributed by atoms with Crippen molar-refractivity contribution in [1.29, 1.82) is 0 Å². The first-order valence-corrected chi connectivity index (χ1v) is 4.73. The van der Waals surface area contributed by atoms with Crippen molar-refractivity contribution in [3.63, 3.8) is 0 Å². The second kappa shape index (κ2) is 4.80. The molecule has 0 aliphatic carbocycles. The molecule has 72 valence electrons. The summed E-state index contributed by atoms with van der Waals surface area (Å²) in [6.45, 7) is 4.54. The molecule has 0 aromatic carbocycles. The minimum Gasteiger partial charge on any atom is -0.396 e. The molecule has 0 amide bonds. The van der Waals surface area contributed by atoms with Gasteiger partial charge in [-0.05, 0) is 25.3 Å². The summed E-state index contributed by atoms with van der Waals surface area (Å²) in [7, 11) is 0. The van der Waals surface area contributed by atoms with Gasteiger partial charge < -0.3 is 10.2 Å². The predicted molar refractivity (Wildman–Crippen MR) is 47.9 cm³/mol. The maximum Gasteiger partial charge on any atom is 0.0586 e. The standard InChI is InChI=1S/C9H19NO2/c1-8(6-11)5-10-4-2-3-9(10)7-12/h8-9,11-12H,2-7H2,1H3/t8?,9-/m1/s1. The molecule has 1 heterocycles. The number of hydrogen-bond donors (Lipinski definition) is 2. The van der Waals surface area contributed by atoms with Crippen LogP contribution in [-0.4, -0.2) is 47.5 Å². The summed E-state index contributed by atoms with van der Waals surface area (Å²) in [5, 5.41) is 17.9. The summed E-state index contributed by atoms with van der Waals surface area (Å²) < 4.78 is 0. The highest BCUT2D eigenvalue weighted by atomic mass is 16.3. The molecular formula is C9H19NO2. The van der Waals surface area contributed by atoms with E-state index in [1.807, 2.05) is 6.92 Å². The summed E-state index contributed by atoms with van der Waals surface area (Å²) in [6, 6.07) is 0.346. The van der Waals surface area contributed by atoms with Gasteiger partial charge in [0, 0.05) is 19.2 Å². The van der Waals surface area contributed by atoms with Gasteiger partial charge >= 0.3 is 0 Å². The Morgan fingerprint density at radius 1 is 1.50 bits per heavy atom. The Kier molecular flexibility index (Phi) is 3.98. The van der Waals surface area contributed by atoms with E-state index in [1.165, 1.54) is 6.42 Å². The topological polar surface area (TPSA) is 43.7 Å². The first kappa shape index (κ1) is 9.96. The lowest BCUT2D eigenvalue weighted by atomic mass is 10.1. The average Bonchev–Trinajstić information content (AvgIpc) is 2.51. The van der Waals surface area contributed by atoms with Crippen LogP contribution in [0.4, 0.5) is 0 Å². The first-order chi connectivity index (χ1) is 5.77. The van der Waals surface area contributed by atoms with Crippen LogP contribution >= 0.6 is 0 Å². The third-order valence-corrected chi connectivity index (χ3v) is 2.57. The second-order valence-corrected chi connectivity index (χ2v) is 3.76. The van der Waals surface area contributed by atoms with Crippen LogP contribution in [0.25, 0.3) is 0 Å².